The number of benzene rings is 2. The van der Waals surface area contributed by atoms with Gasteiger partial charge in [-0.3, -0.25) is 0 Å². The number of fused-ring (bicyclic) bond motifs is 2. The van der Waals surface area contributed by atoms with E-state index in [9.17, 15) is 0 Å². The van der Waals surface area contributed by atoms with Crippen LogP contribution in [0.5, 0.6) is 11.5 Å². The maximum Gasteiger partial charge on any atom is 0.306 e. The van der Waals surface area contributed by atoms with Crippen molar-refractivity contribution in [2.75, 3.05) is 34.0 Å². The van der Waals surface area contributed by atoms with Crippen LogP contribution >= 0.6 is 0 Å². The van der Waals surface area contributed by atoms with Crippen molar-refractivity contribution < 1.29 is 14.2 Å². The monoisotopic (exact) mass is 353 g/mol. The molecule has 1 spiro atoms. The Morgan fingerprint density at radius 2 is 1.62 bits per heavy atom. The van der Waals surface area contributed by atoms with E-state index < -0.39 is 0 Å². The molecule has 26 heavy (non-hydrogen) atoms. The molecule has 0 N–H and O–H groups in total. The van der Waals surface area contributed by atoms with E-state index in [0.29, 0.717) is 0 Å². The first-order valence-electron chi connectivity index (χ1n) is 9.33. The summed E-state index contributed by atoms with van der Waals surface area (Å²) in [6, 6.07) is 12.7. The molecule has 2 aromatic rings. The van der Waals surface area contributed by atoms with Crippen molar-refractivity contribution in [1.29, 1.82) is 0 Å². The van der Waals surface area contributed by atoms with Crippen molar-refractivity contribution in [3.63, 3.8) is 0 Å². The lowest BCUT2D eigenvalue weighted by molar-refractivity contribution is -0.532. The Balaban J connectivity index is 1.85. The summed E-state index contributed by atoms with van der Waals surface area (Å²) in [4.78, 5) is 0. The molecule has 2 heterocycles. The first-order valence-corrected chi connectivity index (χ1v) is 9.33. The highest BCUT2D eigenvalue weighted by Gasteiger charge is 2.44. The highest BCUT2D eigenvalue weighted by Crippen LogP contribution is 2.42. The van der Waals surface area contributed by atoms with Gasteiger partial charge in [0.05, 0.1) is 39.4 Å². The molecule has 0 amide bonds. The molecule has 1 fully saturated rings. The number of nitrogens with zero attached hydrogens (tertiary/aromatic N) is 3. The molecular formula is C21H27N3O2+2. The fourth-order valence-electron chi connectivity index (χ4n) is 4.19. The summed E-state index contributed by atoms with van der Waals surface area (Å²) >= 11 is 0. The van der Waals surface area contributed by atoms with Gasteiger partial charge in [0, 0.05) is 17.2 Å². The zero-order chi connectivity index (χ0) is 18.1. The Bertz CT molecular complexity index is 832. The third kappa shape index (κ3) is 2.97. The van der Waals surface area contributed by atoms with Gasteiger partial charge in [0.1, 0.15) is 11.5 Å². The number of piperidine rings is 1. The van der Waals surface area contributed by atoms with Gasteiger partial charge >= 0.3 is 6.67 Å². The van der Waals surface area contributed by atoms with Crippen LogP contribution in [0.1, 0.15) is 24.8 Å². The first-order chi connectivity index (χ1) is 12.6. The molecule has 0 radical (unpaired) electrons. The number of aryl methyl sites for hydroxylation is 1. The van der Waals surface area contributed by atoms with E-state index in [2.05, 4.69) is 29.8 Å². The number of rotatable bonds is 3. The smallest absolute Gasteiger partial charge is 0.306 e. The average Bonchev–Trinajstić information content (AvgIpc) is 2.67. The highest BCUT2D eigenvalue weighted by atomic mass is 16.5. The van der Waals surface area contributed by atoms with Crippen LogP contribution in [0.15, 0.2) is 41.5 Å². The summed E-state index contributed by atoms with van der Waals surface area (Å²) in [7, 11) is 3.37. The van der Waals surface area contributed by atoms with E-state index in [-0.39, 0.29) is 0 Å². The van der Waals surface area contributed by atoms with E-state index in [1.807, 2.05) is 18.2 Å². The van der Waals surface area contributed by atoms with E-state index >= 15 is 0 Å². The number of quaternary nitrogens is 1. The molecule has 0 aliphatic carbocycles. The van der Waals surface area contributed by atoms with Crippen molar-refractivity contribution >= 4 is 17.1 Å². The Labute approximate surface area is 155 Å². The van der Waals surface area contributed by atoms with Crippen LogP contribution in [0.25, 0.3) is 0 Å². The predicted molar refractivity (Wildman–Crippen MR) is 103 cm³/mol. The van der Waals surface area contributed by atoms with Crippen molar-refractivity contribution in [3.05, 3.63) is 42.0 Å². The molecule has 0 saturated carbocycles. The lowest BCUT2D eigenvalue weighted by Gasteiger charge is -2.39. The summed E-state index contributed by atoms with van der Waals surface area (Å²) in [5.41, 5.74) is 4.70. The van der Waals surface area contributed by atoms with Gasteiger partial charge in [-0.05, 0) is 42.5 Å². The molecule has 0 atom stereocenters. The Morgan fingerprint density at radius 1 is 0.923 bits per heavy atom. The molecule has 1 saturated heterocycles. The maximum absolute atomic E-state index is 5.46. The van der Waals surface area contributed by atoms with Crippen LogP contribution in [-0.4, -0.2) is 38.7 Å². The highest BCUT2D eigenvalue weighted by molar-refractivity contribution is 5.66. The normalized spacial score (nSPS) is 18.2. The van der Waals surface area contributed by atoms with Crippen molar-refractivity contribution in [2.45, 2.75) is 26.2 Å². The van der Waals surface area contributed by atoms with Gasteiger partial charge < -0.3 is 9.47 Å². The molecule has 2 aliphatic rings. The summed E-state index contributed by atoms with van der Waals surface area (Å²) in [5, 5.41) is 4.98. The standard InChI is InChI=1S/C21H27N3O2/c1-16-7-8-21-20(11-16)22-23(15-24(21)9-5-4-6-10-24)17-12-18(25-2)14-19(13-17)26-3/h7-8,11-14H,4-6,9-10,15H2,1-3H3/q+2. The van der Waals surface area contributed by atoms with Gasteiger partial charge in [0.2, 0.25) is 5.69 Å². The summed E-state index contributed by atoms with van der Waals surface area (Å²) < 4.78 is 14.0. The van der Waals surface area contributed by atoms with Gasteiger partial charge in [0.15, 0.2) is 11.4 Å². The largest absolute Gasteiger partial charge is 0.496 e. The number of azo groups is 2. The van der Waals surface area contributed by atoms with Crippen LogP contribution in [0.2, 0.25) is 0 Å². The Kier molecular flexibility index (Phi) is 4.41. The lowest BCUT2D eigenvalue weighted by Crippen LogP contribution is -2.56. The van der Waals surface area contributed by atoms with Crippen LogP contribution < -0.4 is 14.0 Å². The number of ether oxygens (including phenoxy) is 2. The fourth-order valence-corrected chi connectivity index (χ4v) is 4.19. The number of hydrogen-bond donors (Lipinski definition) is 0. The second kappa shape index (κ2) is 6.72. The number of hydrogen-bond acceptors (Lipinski definition) is 3. The van der Waals surface area contributed by atoms with E-state index in [1.165, 1.54) is 43.6 Å². The average molecular weight is 353 g/mol. The van der Waals surface area contributed by atoms with Crippen molar-refractivity contribution in [1.82, 2.24) is 4.48 Å². The van der Waals surface area contributed by atoms with E-state index in [1.54, 1.807) is 14.2 Å². The van der Waals surface area contributed by atoms with E-state index in [0.717, 1.165) is 34.0 Å². The molecule has 5 heteroatoms. The Hall–Kier alpha value is -2.40. The lowest BCUT2D eigenvalue weighted by atomic mass is 10.0. The van der Waals surface area contributed by atoms with Crippen LogP contribution in [0.4, 0.5) is 17.1 Å². The summed E-state index contributed by atoms with van der Waals surface area (Å²) in [6.45, 7) is 5.32. The molecular weight excluding hydrogens is 326 g/mol. The molecule has 0 unspecified atom stereocenters. The van der Waals surface area contributed by atoms with Crippen LogP contribution in [0.3, 0.4) is 0 Å². The SMILES string of the molecule is COc1cc(OC)cc([N+]2=Nc3cc(C)ccc3[N+]3(CCCCC3)C2)c1. The third-order valence-corrected chi connectivity index (χ3v) is 5.58. The van der Waals surface area contributed by atoms with Gasteiger partial charge in [-0.2, -0.15) is 0 Å². The van der Waals surface area contributed by atoms with Crippen LogP contribution in [0, 0.1) is 6.92 Å². The zero-order valence-electron chi connectivity index (χ0n) is 15.9. The van der Waals surface area contributed by atoms with Gasteiger partial charge in [0.25, 0.3) is 0 Å². The molecule has 2 aromatic carbocycles. The molecule has 0 aromatic heterocycles. The van der Waals surface area contributed by atoms with Gasteiger partial charge in [-0.15, -0.1) is 0 Å². The molecule has 136 valence electrons. The minimum Gasteiger partial charge on any atom is -0.496 e. The molecule has 2 aliphatic heterocycles. The first kappa shape index (κ1) is 17.0. The van der Waals surface area contributed by atoms with Gasteiger partial charge in [-0.25, -0.2) is 4.48 Å². The number of methoxy groups -OCH3 is 2. The Morgan fingerprint density at radius 3 is 2.27 bits per heavy atom. The minimum absolute atomic E-state index is 0.787. The quantitative estimate of drug-likeness (QED) is 0.581. The molecule has 4 rings (SSSR count). The molecule has 0 bridgehead atoms. The fraction of sp³-hybridized carbons (Fsp3) is 0.429. The molecule has 5 nitrogen and oxygen atoms in total. The topological polar surface area (TPSA) is 33.8 Å². The zero-order valence-corrected chi connectivity index (χ0v) is 15.9. The van der Waals surface area contributed by atoms with Crippen molar-refractivity contribution in [3.8, 4) is 11.5 Å². The minimum atomic E-state index is 0.787. The van der Waals surface area contributed by atoms with Crippen LogP contribution in [-0.2, 0) is 0 Å². The second-order valence-corrected chi connectivity index (χ2v) is 7.36. The van der Waals surface area contributed by atoms with E-state index in [4.69, 9.17) is 14.6 Å². The maximum atomic E-state index is 5.46. The summed E-state index contributed by atoms with van der Waals surface area (Å²) in [5.74, 6) is 1.57. The van der Waals surface area contributed by atoms with Crippen molar-refractivity contribution in [2.24, 2.45) is 5.11 Å². The second-order valence-electron chi connectivity index (χ2n) is 7.36. The third-order valence-electron chi connectivity index (χ3n) is 5.58. The summed E-state index contributed by atoms with van der Waals surface area (Å²) in [6.07, 6.45) is 3.86. The predicted octanol–water partition coefficient (Wildman–Crippen LogP) is 4.90. The van der Waals surface area contributed by atoms with Gasteiger partial charge in [-0.1, -0.05) is 6.07 Å².